The zero-order valence-electron chi connectivity index (χ0n) is 14.4. The highest BCUT2D eigenvalue weighted by atomic mass is 16.2. The minimum absolute atomic E-state index is 0.0158. The van der Waals surface area contributed by atoms with Crippen LogP contribution in [0.2, 0.25) is 0 Å². The molecule has 0 radical (unpaired) electrons. The van der Waals surface area contributed by atoms with E-state index in [1.54, 1.807) is 0 Å². The number of carbonyl (C=O) groups is 1. The second kappa shape index (κ2) is 7.45. The molecule has 0 aliphatic carbocycles. The van der Waals surface area contributed by atoms with Crippen LogP contribution in [0.5, 0.6) is 0 Å². The highest BCUT2D eigenvalue weighted by Gasteiger charge is 2.35. The lowest BCUT2D eigenvalue weighted by Crippen LogP contribution is -2.49. The molecule has 4 heteroatoms. The van der Waals surface area contributed by atoms with Crippen LogP contribution in [0.4, 0.5) is 0 Å². The third kappa shape index (κ3) is 3.75. The van der Waals surface area contributed by atoms with Gasteiger partial charge in [0.2, 0.25) is 5.91 Å². The summed E-state index contributed by atoms with van der Waals surface area (Å²) in [6, 6.07) is 10.8. The van der Waals surface area contributed by atoms with E-state index >= 15 is 0 Å². The molecule has 1 amide bonds. The summed E-state index contributed by atoms with van der Waals surface area (Å²) in [5.74, 6) is 0.616. The second-order valence-electron chi connectivity index (χ2n) is 7.15. The Morgan fingerprint density at radius 2 is 1.83 bits per heavy atom. The predicted octanol–water partition coefficient (Wildman–Crippen LogP) is 1.93. The van der Waals surface area contributed by atoms with Crippen molar-refractivity contribution >= 4 is 5.91 Å². The van der Waals surface area contributed by atoms with Gasteiger partial charge in [-0.3, -0.25) is 9.69 Å². The number of carbonyl (C=O) groups excluding carboxylic acids is 1. The van der Waals surface area contributed by atoms with Gasteiger partial charge in [-0.1, -0.05) is 44.2 Å². The molecule has 4 nitrogen and oxygen atoms in total. The summed E-state index contributed by atoms with van der Waals surface area (Å²) < 4.78 is 0. The summed E-state index contributed by atoms with van der Waals surface area (Å²) in [6.07, 6.45) is 1.12. The van der Waals surface area contributed by atoms with E-state index in [4.69, 9.17) is 0 Å². The minimum atomic E-state index is -0.0158. The van der Waals surface area contributed by atoms with Gasteiger partial charge in [-0.2, -0.15) is 0 Å². The van der Waals surface area contributed by atoms with Gasteiger partial charge in [0.1, 0.15) is 0 Å². The number of hydrogen-bond donors (Lipinski definition) is 1. The van der Waals surface area contributed by atoms with Crippen molar-refractivity contribution < 1.29 is 4.79 Å². The minimum Gasteiger partial charge on any atom is -0.341 e. The van der Waals surface area contributed by atoms with E-state index in [0.29, 0.717) is 17.9 Å². The van der Waals surface area contributed by atoms with Gasteiger partial charge in [-0.15, -0.1) is 0 Å². The first-order chi connectivity index (χ1) is 11.2. The number of amides is 1. The van der Waals surface area contributed by atoms with Gasteiger partial charge >= 0.3 is 0 Å². The molecule has 2 atom stereocenters. The second-order valence-corrected chi connectivity index (χ2v) is 7.15. The number of piperazine rings is 1. The van der Waals surface area contributed by atoms with E-state index in [1.165, 1.54) is 0 Å². The third-order valence-corrected chi connectivity index (χ3v) is 5.23. The van der Waals surface area contributed by atoms with Gasteiger partial charge < -0.3 is 10.2 Å². The average Bonchev–Trinajstić information content (AvgIpc) is 3.06. The van der Waals surface area contributed by atoms with Crippen molar-refractivity contribution in [2.45, 2.75) is 32.2 Å². The molecule has 0 saturated carbocycles. The molecule has 2 saturated heterocycles. The van der Waals surface area contributed by atoms with Crippen LogP contribution in [0, 0.1) is 5.92 Å². The van der Waals surface area contributed by atoms with Crippen LogP contribution in [-0.4, -0.2) is 61.0 Å². The number of nitrogens with zero attached hydrogens (tertiary/aromatic N) is 2. The Labute approximate surface area is 139 Å². The SMILES string of the molecule is CC(C)C(C(=O)N1CCC(N2CCNCC2)C1)c1ccccc1. The van der Waals surface area contributed by atoms with Crippen molar-refractivity contribution in [3.8, 4) is 0 Å². The van der Waals surface area contributed by atoms with Crippen molar-refractivity contribution in [2.24, 2.45) is 5.92 Å². The molecule has 2 unspecified atom stereocenters. The maximum atomic E-state index is 13.1. The van der Waals surface area contributed by atoms with Gasteiger partial charge in [-0.25, -0.2) is 0 Å². The van der Waals surface area contributed by atoms with Crippen LogP contribution >= 0.6 is 0 Å². The van der Waals surface area contributed by atoms with Gasteiger partial charge in [0.25, 0.3) is 0 Å². The first-order valence-electron chi connectivity index (χ1n) is 8.95. The predicted molar refractivity (Wildman–Crippen MR) is 93.4 cm³/mol. The number of likely N-dealkylation sites (tertiary alicyclic amines) is 1. The third-order valence-electron chi connectivity index (χ3n) is 5.23. The molecule has 1 N–H and O–H groups in total. The average molecular weight is 315 g/mol. The number of rotatable bonds is 4. The van der Waals surface area contributed by atoms with Crippen LogP contribution in [0.15, 0.2) is 30.3 Å². The molecular formula is C19H29N3O. The zero-order valence-corrected chi connectivity index (χ0v) is 14.4. The summed E-state index contributed by atoms with van der Waals surface area (Å²) >= 11 is 0. The molecule has 0 bridgehead atoms. The molecule has 1 aromatic carbocycles. The van der Waals surface area contributed by atoms with Crippen molar-refractivity contribution in [2.75, 3.05) is 39.3 Å². The molecule has 2 aliphatic rings. The van der Waals surface area contributed by atoms with E-state index in [2.05, 4.69) is 41.1 Å². The van der Waals surface area contributed by atoms with Crippen LogP contribution in [0.25, 0.3) is 0 Å². The molecule has 2 aliphatic heterocycles. The molecule has 2 heterocycles. The van der Waals surface area contributed by atoms with Crippen LogP contribution in [-0.2, 0) is 4.79 Å². The van der Waals surface area contributed by atoms with Crippen molar-refractivity contribution in [1.29, 1.82) is 0 Å². The summed E-state index contributed by atoms with van der Waals surface area (Å²) in [6.45, 7) is 10.5. The van der Waals surface area contributed by atoms with E-state index < -0.39 is 0 Å². The smallest absolute Gasteiger partial charge is 0.230 e. The number of benzene rings is 1. The number of nitrogens with one attached hydrogen (secondary N) is 1. The van der Waals surface area contributed by atoms with Gasteiger partial charge in [-0.05, 0) is 17.9 Å². The largest absolute Gasteiger partial charge is 0.341 e. The van der Waals surface area contributed by atoms with E-state index in [-0.39, 0.29) is 5.92 Å². The molecule has 126 valence electrons. The van der Waals surface area contributed by atoms with E-state index in [0.717, 1.165) is 51.3 Å². The van der Waals surface area contributed by atoms with Crippen molar-refractivity contribution in [1.82, 2.24) is 15.1 Å². The van der Waals surface area contributed by atoms with Gasteiger partial charge in [0, 0.05) is 45.3 Å². The summed E-state index contributed by atoms with van der Waals surface area (Å²) in [5.41, 5.74) is 1.15. The Morgan fingerprint density at radius 1 is 1.13 bits per heavy atom. The molecule has 3 rings (SSSR count). The fourth-order valence-electron chi connectivity index (χ4n) is 3.96. The zero-order chi connectivity index (χ0) is 16.2. The van der Waals surface area contributed by atoms with Gasteiger partial charge in [0.05, 0.1) is 5.92 Å². The maximum absolute atomic E-state index is 13.1. The van der Waals surface area contributed by atoms with E-state index in [1.807, 2.05) is 18.2 Å². The lowest BCUT2D eigenvalue weighted by molar-refractivity contribution is -0.133. The standard InChI is InChI=1S/C19H29N3O/c1-15(2)18(16-6-4-3-5-7-16)19(23)22-11-8-17(14-22)21-12-9-20-10-13-21/h3-7,15,17-18,20H,8-14H2,1-2H3. The lowest BCUT2D eigenvalue weighted by Gasteiger charge is -2.33. The lowest BCUT2D eigenvalue weighted by atomic mass is 9.87. The summed E-state index contributed by atoms with van der Waals surface area (Å²) in [4.78, 5) is 17.8. The Morgan fingerprint density at radius 3 is 2.48 bits per heavy atom. The highest BCUT2D eigenvalue weighted by Crippen LogP contribution is 2.29. The molecule has 0 spiro atoms. The molecular weight excluding hydrogens is 286 g/mol. The Balaban J connectivity index is 1.67. The first kappa shape index (κ1) is 16.5. The van der Waals surface area contributed by atoms with Crippen molar-refractivity contribution in [3.05, 3.63) is 35.9 Å². The quantitative estimate of drug-likeness (QED) is 0.922. The monoisotopic (exact) mass is 315 g/mol. The Kier molecular flexibility index (Phi) is 5.34. The summed E-state index contributed by atoms with van der Waals surface area (Å²) in [7, 11) is 0. The molecule has 0 aromatic heterocycles. The van der Waals surface area contributed by atoms with E-state index in [9.17, 15) is 4.79 Å². The van der Waals surface area contributed by atoms with Gasteiger partial charge in [0.15, 0.2) is 0 Å². The Hall–Kier alpha value is -1.39. The van der Waals surface area contributed by atoms with Crippen LogP contribution in [0.3, 0.4) is 0 Å². The topological polar surface area (TPSA) is 35.6 Å². The molecule has 23 heavy (non-hydrogen) atoms. The fourth-order valence-corrected chi connectivity index (χ4v) is 3.96. The molecule has 1 aromatic rings. The van der Waals surface area contributed by atoms with Crippen molar-refractivity contribution in [3.63, 3.8) is 0 Å². The first-order valence-corrected chi connectivity index (χ1v) is 8.95. The fraction of sp³-hybridized carbons (Fsp3) is 0.632. The number of hydrogen-bond acceptors (Lipinski definition) is 3. The molecule has 2 fully saturated rings. The summed E-state index contributed by atoms with van der Waals surface area (Å²) in [5, 5.41) is 3.40. The maximum Gasteiger partial charge on any atom is 0.230 e. The normalized spacial score (nSPS) is 24.1. The highest BCUT2D eigenvalue weighted by molar-refractivity contribution is 5.84. The van der Waals surface area contributed by atoms with Crippen LogP contribution in [0.1, 0.15) is 31.7 Å². The Bertz CT molecular complexity index is 511. The van der Waals surface area contributed by atoms with Crippen LogP contribution < -0.4 is 5.32 Å².